The zero-order valence-corrected chi connectivity index (χ0v) is 10.0. The first-order valence-electron chi connectivity index (χ1n) is 5.21. The van der Waals surface area contributed by atoms with E-state index in [9.17, 15) is 4.79 Å². The van der Waals surface area contributed by atoms with Crippen molar-refractivity contribution in [3.63, 3.8) is 0 Å². The van der Waals surface area contributed by atoms with E-state index < -0.39 is 0 Å². The van der Waals surface area contributed by atoms with Crippen LogP contribution in [0.15, 0.2) is 24.4 Å². The zero-order chi connectivity index (χ0) is 13.1. The summed E-state index contributed by atoms with van der Waals surface area (Å²) in [4.78, 5) is 13.1. The van der Waals surface area contributed by atoms with E-state index in [0.29, 0.717) is 17.1 Å². The van der Waals surface area contributed by atoms with E-state index in [1.807, 2.05) is 0 Å². The van der Waals surface area contributed by atoms with Crippen LogP contribution in [0.3, 0.4) is 0 Å². The highest BCUT2D eigenvalue weighted by Crippen LogP contribution is 2.24. The van der Waals surface area contributed by atoms with Gasteiger partial charge in [-0.2, -0.15) is 9.90 Å². The lowest BCUT2D eigenvalue weighted by Crippen LogP contribution is -2.14. The van der Waals surface area contributed by atoms with E-state index in [-0.39, 0.29) is 11.6 Å². The van der Waals surface area contributed by atoms with E-state index in [2.05, 4.69) is 15.5 Å². The van der Waals surface area contributed by atoms with E-state index in [0.717, 1.165) is 0 Å². The van der Waals surface area contributed by atoms with E-state index in [1.165, 1.54) is 11.0 Å². The quantitative estimate of drug-likeness (QED) is 0.777. The van der Waals surface area contributed by atoms with Crippen LogP contribution in [-0.2, 0) is 7.05 Å². The second-order valence-corrected chi connectivity index (χ2v) is 3.63. The van der Waals surface area contributed by atoms with Crippen LogP contribution in [-0.4, -0.2) is 28.0 Å². The number of aromatic nitrogens is 3. The summed E-state index contributed by atoms with van der Waals surface area (Å²) in [6, 6.07) is 5.01. The van der Waals surface area contributed by atoms with Crippen LogP contribution < -0.4 is 15.8 Å². The topological polar surface area (TPSA) is 95.1 Å². The molecule has 2 aromatic rings. The summed E-state index contributed by atoms with van der Waals surface area (Å²) in [5.41, 5.74) is 6.95. The molecule has 1 amide bonds. The number of hydrogen-bond donors (Lipinski definition) is 2. The molecule has 0 aliphatic heterocycles. The van der Waals surface area contributed by atoms with Gasteiger partial charge in [-0.1, -0.05) is 0 Å². The fourth-order valence-corrected chi connectivity index (χ4v) is 1.42. The maximum atomic E-state index is 11.8. The third-order valence-corrected chi connectivity index (χ3v) is 2.34. The summed E-state index contributed by atoms with van der Waals surface area (Å²) in [5, 5.41) is 10.4. The second-order valence-electron chi connectivity index (χ2n) is 3.63. The first-order chi connectivity index (χ1) is 8.60. The van der Waals surface area contributed by atoms with E-state index in [4.69, 9.17) is 10.5 Å². The molecule has 94 valence electrons. The molecule has 0 aliphatic rings. The first-order valence-corrected chi connectivity index (χ1v) is 5.21. The van der Waals surface area contributed by atoms with Crippen LogP contribution >= 0.6 is 0 Å². The van der Waals surface area contributed by atoms with Crippen LogP contribution in [0.1, 0.15) is 10.5 Å². The normalized spacial score (nSPS) is 10.1. The summed E-state index contributed by atoms with van der Waals surface area (Å²) in [5.74, 6) is 0.268. The molecule has 18 heavy (non-hydrogen) atoms. The molecule has 0 saturated carbocycles. The molecule has 7 heteroatoms. The summed E-state index contributed by atoms with van der Waals surface area (Å²) in [7, 11) is 3.19. The van der Waals surface area contributed by atoms with Gasteiger partial charge in [0.25, 0.3) is 5.91 Å². The molecule has 0 aliphatic carbocycles. The SMILES string of the molecule is COc1ccc(NC(=O)c2cnn(C)n2)c(N)c1. The van der Waals surface area contributed by atoms with Crippen molar-refractivity contribution in [3.8, 4) is 5.75 Å². The predicted molar refractivity (Wildman–Crippen MR) is 66.4 cm³/mol. The standard InChI is InChI=1S/C11H13N5O2/c1-16-13-6-10(15-16)11(17)14-9-4-3-7(18-2)5-8(9)12/h3-6H,12H2,1-2H3,(H,14,17). The molecule has 0 atom stereocenters. The summed E-state index contributed by atoms with van der Waals surface area (Å²) in [6.45, 7) is 0. The third-order valence-electron chi connectivity index (χ3n) is 2.34. The Morgan fingerprint density at radius 3 is 2.83 bits per heavy atom. The van der Waals surface area contributed by atoms with Gasteiger partial charge in [0.2, 0.25) is 0 Å². The fourth-order valence-electron chi connectivity index (χ4n) is 1.42. The molecule has 7 nitrogen and oxygen atoms in total. The number of hydrogen-bond acceptors (Lipinski definition) is 5. The Labute approximate surface area is 104 Å². The Kier molecular flexibility index (Phi) is 3.13. The van der Waals surface area contributed by atoms with Crippen molar-refractivity contribution in [2.24, 2.45) is 7.05 Å². The van der Waals surface area contributed by atoms with Gasteiger partial charge in [0.1, 0.15) is 5.75 Å². The highest BCUT2D eigenvalue weighted by atomic mass is 16.5. The average molecular weight is 247 g/mol. The van der Waals surface area contributed by atoms with Gasteiger partial charge in [0.15, 0.2) is 5.69 Å². The lowest BCUT2D eigenvalue weighted by molar-refractivity contribution is 0.102. The van der Waals surface area contributed by atoms with Gasteiger partial charge in [-0.3, -0.25) is 4.79 Å². The molecule has 0 bridgehead atoms. The monoisotopic (exact) mass is 247 g/mol. The molecular formula is C11H13N5O2. The number of rotatable bonds is 3. The molecule has 1 heterocycles. The molecule has 0 unspecified atom stereocenters. The predicted octanol–water partition coefficient (Wildman–Crippen LogP) is 0.658. The average Bonchev–Trinajstić information content (AvgIpc) is 2.78. The Morgan fingerprint density at radius 2 is 2.28 bits per heavy atom. The minimum absolute atomic E-state index is 0.229. The smallest absolute Gasteiger partial charge is 0.277 e. The number of methoxy groups -OCH3 is 1. The minimum atomic E-state index is -0.361. The van der Waals surface area contributed by atoms with Crippen LogP contribution in [0.4, 0.5) is 11.4 Å². The number of nitrogen functional groups attached to an aromatic ring is 1. The molecule has 0 spiro atoms. The van der Waals surface area contributed by atoms with Crippen LogP contribution in [0.25, 0.3) is 0 Å². The minimum Gasteiger partial charge on any atom is -0.497 e. The molecular weight excluding hydrogens is 234 g/mol. The van der Waals surface area contributed by atoms with E-state index >= 15 is 0 Å². The molecule has 1 aromatic heterocycles. The Morgan fingerprint density at radius 1 is 1.50 bits per heavy atom. The highest BCUT2D eigenvalue weighted by Gasteiger charge is 2.11. The summed E-state index contributed by atoms with van der Waals surface area (Å²) in [6.07, 6.45) is 1.38. The van der Waals surface area contributed by atoms with Crippen molar-refractivity contribution in [1.29, 1.82) is 0 Å². The summed E-state index contributed by atoms with van der Waals surface area (Å²) >= 11 is 0. The van der Waals surface area contributed by atoms with Crippen molar-refractivity contribution in [2.45, 2.75) is 0 Å². The van der Waals surface area contributed by atoms with Crippen molar-refractivity contribution in [2.75, 3.05) is 18.2 Å². The number of benzene rings is 1. The number of anilines is 2. The third kappa shape index (κ3) is 2.40. The number of ether oxygens (including phenoxy) is 1. The van der Waals surface area contributed by atoms with Crippen LogP contribution in [0, 0.1) is 0 Å². The maximum absolute atomic E-state index is 11.8. The van der Waals surface area contributed by atoms with Gasteiger partial charge in [-0.05, 0) is 12.1 Å². The van der Waals surface area contributed by atoms with Gasteiger partial charge in [-0.15, -0.1) is 5.10 Å². The highest BCUT2D eigenvalue weighted by molar-refractivity contribution is 6.04. The molecule has 2 rings (SSSR count). The first kappa shape index (κ1) is 11.9. The maximum Gasteiger partial charge on any atom is 0.277 e. The Hall–Kier alpha value is -2.57. The van der Waals surface area contributed by atoms with Crippen LogP contribution in [0.5, 0.6) is 5.75 Å². The number of amides is 1. The molecule has 3 N–H and O–H groups in total. The molecule has 0 fully saturated rings. The Balaban J connectivity index is 2.16. The van der Waals surface area contributed by atoms with Gasteiger partial charge >= 0.3 is 0 Å². The second kappa shape index (κ2) is 4.74. The van der Waals surface area contributed by atoms with E-state index in [1.54, 1.807) is 32.4 Å². The van der Waals surface area contributed by atoms with Crippen LogP contribution in [0.2, 0.25) is 0 Å². The van der Waals surface area contributed by atoms with Crippen molar-refractivity contribution >= 4 is 17.3 Å². The number of nitrogens with zero attached hydrogens (tertiary/aromatic N) is 3. The number of nitrogens with one attached hydrogen (secondary N) is 1. The van der Waals surface area contributed by atoms with Crippen molar-refractivity contribution < 1.29 is 9.53 Å². The lowest BCUT2D eigenvalue weighted by Gasteiger charge is -2.08. The number of aryl methyl sites for hydroxylation is 1. The largest absolute Gasteiger partial charge is 0.497 e. The zero-order valence-electron chi connectivity index (χ0n) is 10.0. The molecule has 0 saturated heterocycles. The van der Waals surface area contributed by atoms with Gasteiger partial charge in [-0.25, -0.2) is 0 Å². The number of carbonyl (C=O) groups excluding carboxylic acids is 1. The molecule has 0 radical (unpaired) electrons. The van der Waals surface area contributed by atoms with Gasteiger partial charge in [0.05, 0.1) is 24.7 Å². The fraction of sp³-hybridized carbons (Fsp3) is 0.182. The number of carbonyl (C=O) groups is 1. The van der Waals surface area contributed by atoms with Crippen molar-refractivity contribution in [1.82, 2.24) is 15.0 Å². The number of nitrogens with two attached hydrogens (primary N) is 1. The molecule has 1 aromatic carbocycles. The van der Waals surface area contributed by atoms with Crippen molar-refractivity contribution in [3.05, 3.63) is 30.1 Å². The Bertz CT molecular complexity index is 579. The van der Waals surface area contributed by atoms with Gasteiger partial charge < -0.3 is 15.8 Å². The van der Waals surface area contributed by atoms with Gasteiger partial charge in [0, 0.05) is 13.1 Å². The summed E-state index contributed by atoms with van der Waals surface area (Å²) < 4.78 is 5.02. The lowest BCUT2D eigenvalue weighted by atomic mass is 10.2.